The summed E-state index contributed by atoms with van der Waals surface area (Å²) in [5.74, 6) is 1.81. The third-order valence-electron chi connectivity index (χ3n) is 6.28. The van der Waals surface area contributed by atoms with Crippen molar-refractivity contribution < 1.29 is 9.59 Å². The number of anilines is 1. The fourth-order valence-electron chi connectivity index (χ4n) is 5.22. The average Bonchev–Trinajstić information content (AvgIpc) is 3.32. The summed E-state index contributed by atoms with van der Waals surface area (Å²) >= 11 is 0. The number of carbonyl (C=O) groups excluding carboxylic acids is 2. The zero-order chi connectivity index (χ0) is 15.0. The monoisotopic (exact) mass is 293 g/mol. The molecule has 4 aliphatic carbocycles. The lowest BCUT2D eigenvalue weighted by Crippen LogP contribution is -2.40. The van der Waals surface area contributed by atoms with Crippen molar-refractivity contribution in [2.24, 2.45) is 35.5 Å². The summed E-state index contributed by atoms with van der Waals surface area (Å²) in [5, 5.41) is 0. The Kier molecular flexibility index (Phi) is 2.35. The molecule has 6 rings (SSSR count). The highest BCUT2D eigenvalue weighted by Gasteiger charge is 2.67. The number of imide groups is 1. The molecular weight excluding hydrogens is 274 g/mol. The van der Waals surface area contributed by atoms with Crippen LogP contribution in [0.5, 0.6) is 0 Å². The average molecular weight is 293 g/mol. The summed E-state index contributed by atoms with van der Waals surface area (Å²) in [6.07, 6.45) is 6.49. The smallest absolute Gasteiger partial charge is 0.238 e. The molecule has 0 spiro atoms. The first-order valence-corrected chi connectivity index (χ1v) is 8.36. The van der Waals surface area contributed by atoms with Crippen molar-refractivity contribution in [2.75, 3.05) is 4.90 Å². The summed E-state index contributed by atoms with van der Waals surface area (Å²) in [6, 6.07) is 7.83. The van der Waals surface area contributed by atoms with Crippen molar-refractivity contribution >= 4 is 17.5 Å². The molecule has 3 fully saturated rings. The molecule has 2 saturated carbocycles. The van der Waals surface area contributed by atoms with Crippen molar-refractivity contribution in [3.8, 4) is 0 Å². The Balaban J connectivity index is 1.60. The molecule has 1 aliphatic heterocycles. The highest BCUT2D eigenvalue weighted by atomic mass is 16.2. The van der Waals surface area contributed by atoms with E-state index >= 15 is 0 Å². The summed E-state index contributed by atoms with van der Waals surface area (Å²) in [5.41, 5.74) is 1.88. The SMILES string of the molecule is CCc1ccccc1N1C(=O)[C@H]2[C@@H]3C=C[C@@H]([C@H]4C[C@H]34)[C@@H]2C1=O. The van der Waals surface area contributed by atoms with Gasteiger partial charge in [-0.15, -0.1) is 0 Å². The zero-order valence-corrected chi connectivity index (χ0v) is 12.6. The molecule has 22 heavy (non-hydrogen) atoms. The van der Waals surface area contributed by atoms with Crippen LogP contribution in [0.15, 0.2) is 36.4 Å². The van der Waals surface area contributed by atoms with E-state index < -0.39 is 0 Å². The molecule has 3 nitrogen and oxygen atoms in total. The molecule has 0 radical (unpaired) electrons. The van der Waals surface area contributed by atoms with Crippen LogP contribution in [-0.4, -0.2) is 11.8 Å². The molecule has 3 heteroatoms. The van der Waals surface area contributed by atoms with Crippen molar-refractivity contribution in [2.45, 2.75) is 19.8 Å². The third kappa shape index (κ3) is 1.37. The quantitative estimate of drug-likeness (QED) is 0.621. The van der Waals surface area contributed by atoms with E-state index in [-0.39, 0.29) is 23.7 Å². The number of rotatable bonds is 2. The van der Waals surface area contributed by atoms with E-state index in [1.807, 2.05) is 24.3 Å². The largest absolute Gasteiger partial charge is 0.274 e. The van der Waals surface area contributed by atoms with Crippen LogP contribution in [0.4, 0.5) is 5.69 Å². The second-order valence-corrected chi connectivity index (χ2v) is 7.15. The van der Waals surface area contributed by atoms with Gasteiger partial charge in [-0.1, -0.05) is 37.3 Å². The minimum atomic E-state index is -0.101. The fourth-order valence-corrected chi connectivity index (χ4v) is 5.22. The molecule has 5 aliphatic rings. The van der Waals surface area contributed by atoms with Gasteiger partial charge in [0.1, 0.15) is 0 Å². The van der Waals surface area contributed by atoms with E-state index in [0.29, 0.717) is 23.7 Å². The zero-order valence-electron chi connectivity index (χ0n) is 12.6. The van der Waals surface area contributed by atoms with Crippen molar-refractivity contribution in [3.63, 3.8) is 0 Å². The lowest BCUT2D eigenvalue weighted by Gasteiger charge is -2.37. The van der Waals surface area contributed by atoms with E-state index in [1.165, 1.54) is 11.3 Å². The number of para-hydroxylation sites is 1. The second-order valence-electron chi connectivity index (χ2n) is 7.15. The highest BCUT2D eigenvalue weighted by molar-refractivity contribution is 6.23. The first-order chi connectivity index (χ1) is 10.7. The lowest BCUT2D eigenvalue weighted by atomic mass is 9.63. The minimum Gasteiger partial charge on any atom is -0.274 e. The van der Waals surface area contributed by atoms with Gasteiger partial charge in [0, 0.05) is 0 Å². The molecule has 2 bridgehead atoms. The maximum absolute atomic E-state index is 13.0. The maximum Gasteiger partial charge on any atom is 0.238 e. The Morgan fingerprint density at radius 1 is 1.00 bits per heavy atom. The third-order valence-corrected chi connectivity index (χ3v) is 6.28. The molecule has 6 atom stereocenters. The van der Waals surface area contributed by atoms with Gasteiger partial charge in [0.15, 0.2) is 0 Å². The van der Waals surface area contributed by atoms with Crippen LogP contribution in [0.25, 0.3) is 0 Å². The number of nitrogens with zero attached hydrogens (tertiary/aromatic N) is 1. The normalized spacial score (nSPS) is 40.9. The first-order valence-electron chi connectivity index (χ1n) is 8.36. The number of hydrogen-bond acceptors (Lipinski definition) is 2. The molecule has 1 aromatic carbocycles. The number of carbonyl (C=O) groups is 2. The van der Waals surface area contributed by atoms with Crippen LogP contribution in [0, 0.1) is 35.5 Å². The van der Waals surface area contributed by atoms with E-state index in [4.69, 9.17) is 0 Å². The van der Waals surface area contributed by atoms with Crippen LogP contribution < -0.4 is 4.90 Å². The number of benzene rings is 1. The minimum absolute atomic E-state index is 0.0422. The number of aryl methyl sites for hydroxylation is 1. The molecule has 1 saturated heterocycles. The molecule has 2 amide bonds. The van der Waals surface area contributed by atoms with E-state index in [0.717, 1.165) is 17.7 Å². The van der Waals surface area contributed by atoms with Gasteiger partial charge >= 0.3 is 0 Å². The first kappa shape index (κ1) is 12.6. The Morgan fingerprint density at radius 2 is 1.59 bits per heavy atom. The topological polar surface area (TPSA) is 37.4 Å². The number of hydrogen-bond donors (Lipinski definition) is 0. The number of allylic oxidation sites excluding steroid dienone is 2. The molecule has 0 aromatic heterocycles. The van der Waals surface area contributed by atoms with Crippen LogP contribution in [0.3, 0.4) is 0 Å². The predicted octanol–water partition coefficient (Wildman–Crippen LogP) is 2.81. The Morgan fingerprint density at radius 3 is 2.18 bits per heavy atom. The van der Waals surface area contributed by atoms with Crippen LogP contribution in [0.2, 0.25) is 0 Å². The van der Waals surface area contributed by atoms with Gasteiger partial charge in [0.2, 0.25) is 11.8 Å². The second kappa shape index (κ2) is 4.09. The van der Waals surface area contributed by atoms with E-state index in [1.54, 1.807) is 0 Å². The molecule has 1 aromatic rings. The van der Waals surface area contributed by atoms with Gasteiger partial charge < -0.3 is 0 Å². The molecule has 112 valence electrons. The summed E-state index contributed by atoms with van der Waals surface area (Å²) in [6.45, 7) is 2.07. The van der Waals surface area contributed by atoms with Gasteiger partial charge in [-0.2, -0.15) is 0 Å². The summed E-state index contributed by atoms with van der Waals surface area (Å²) < 4.78 is 0. The van der Waals surface area contributed by atoms with E-state index in [2.05, 4.69) is 19.1 Å². The standard InChI is InChI=1S/C19H19NO2/c1-2-10-5-3-4-6-15(10)20-18(21)16-11-7-8-12(14-9-13(11)14)17(16)19(20)22/h3-8,11-14,16-17H,2,9H2,1H3/t11-,12+,13-,14-,16+,17+/m1/s1. The van der Waals surface area contributed by atoms with Gasteiger partial charge in [0.25, 0.3) is 0 Å². The Bertz CT molecular complexity index is 686. The molecule has 0 N–H and O–H groups in total. The molecule has 1 heterocycles. The van der Waals surface area contributed by atoms with Gasteiger partial charge in [-0.3, -0.25) is 9.59 Å². The van der Waals surface area contributed by atoms with Crippen molar-refractivity contribution in [3.05, 3.63) is 42.0 Å². The fraction of sp³-hybridized carbons (Fsp3) is 0.474. The predicted molar refractivity (Wildman–Crippen MR) is 83.0 cm³/mol. The maximum atomic E-state index is 13.0. The lowest BCUT2D eigenvalue weighted by molar-refractivity contribution is -0.124. The van der Waals surface area contributed by atoms with Gasteiger partial charge in [-0.25, -0.2) is 4.90 Å². The van der Waals surface area contributed by atoms with Crippen LogP contribution in [-0.2, 0) is 16.0 Å². The Labute approximate surface area is 130 Å². The van der Waals surface area contributed by atoms with Crippen LogP contribution in [0.1, 0.15) is 18.9 Å². The highest BCUT2D eigenvalue weighted by Crippen LogP contribution is 2.65. The van der Waals surface area contributed by atoms with Gasteiger partial charge in [0.05, 0.1) is 17.5 Å². The van der Waals surface area contributed by atoms with Gasteiger partial charge in [-0.05, 0) is 48.1 Å². The van der Waals surface area contributed by atoms with Crippen molar-refractivity contribution in [1.29, 1.82) is 0 Å². The Hall–Kier alpha value is -1.90. The summed E-state index contributed by atoms with van der Waals surface area (Å²) in [7, 11) is 0. The number of amides is 2. The summed E-state index contributed by atoms with van der Waals surface area (Å²) in [4.78, 5) is 27.6. The van der Waals surface area contributed by atoms with Crippen LogP contribution >= 0.6 is 0 Å². The van der Waals surface area contributed by atoms with E-state index in [9.17, 15) is 9.59 Å². The van der Waals surface area contributed by atoms with Crippen molar-refractivity contribution in [1.82, 2.24) is 0 Å². The molecule has 0 unspecified atom stereocenters. The molecular formula is C19H19NO2.